The summed E-state index contributed by atoms with van der Waals surface area (Å²) in [5.41, 5.74) is 2.10. The third-order valence-electron chi connectivity index (χ3n) is 5.24. The molecule has 30 heavy (non-hydrogen) atoms. The minimum Gasteiger partial charge on any atom is -0.493 e. The van der Waals surface area contributed by atoms with E-state index in [-0.39, 0.29) is 11.8 Å². The van der Waals surface area contributed by atoms with Crippen LogP contribution in [0.1, 0.15) is 48.6 Å². The molecule has 0 aliphatic heterocycles. The smallest absolute Gasteiger partial charge is 0.161 e. The second-order valence-electron chi connectivity index (χ2n) is 7.03. The van der Waals surface area contributed by atoms with E-state index in [1.165, 1.54) is 0 Å². The second kappa shape index (κ2) is 10.5. The van der Waals surface area contributed by atoms with Crippen molar-refractivity contribution in [3.05, 3.63) is 47.5 Å². The summed E-state index contributed by atoms with van der Waals surface area (Å²) in [6.07, 6.45) is 3.90. The van der Waals surface area contributed by atoms with Gasteiger partial charge in [-0.05, 0) is 48.2 Å². The average molecular weight is 405 g/mol. The Hall–Kier alpha value is -3.24. The summed E-state index contributed by atoms with van der Waals surface area (Å²) < 4.78 is 21.9. The number of ether oxygens (including phenoxy) is 4. The molecule has 0 N–H and O–H groups in total. The molecule has 1 aliphatic carbocycles. The lowest BCUT2D eigenvalue weighted by molar-refractivity contribution is 0.354. The maximum atomic E-state index is 5.53. The van der Waals surface area contributed by atoms with Crippen molar-refractivity contribution in [3.8, 4) is 46.7 Å². The Labute approximate surface area is 179 Å². The van der Waals surface area contributed by atoms with Crippen LogP contribution < -0.4 is 18.9 Å². The fraction of sp³-hybridized carbons (Fsp3) is 0.385. The lowest BCUT2D eigenvalue weighted by Crippen LogP contribution is -2.10. The highest BCUT2D eigenvalue weighted by atomic mass is 16.5. The second-order valence-corrected chi connectivity index (χ2v) is 7.03. The molecular weight excluding hydrogens is 376 g/mol. The summed E-state index contributed by atoms with van der Waals surface area (Å²) in [5.74, 6) is 16.3. The van der Waals surface area contributed by atoms with Crippen LogP contribution >= 0.6 is 0 Å². The molecule has 1 aliphatic rings. The lowest BCUT2D eigenvalue weighted by Gasteiger charge is -2.22. The first-order valence-corrected chi connectivity index (χ1v) is 10.1. The maximum Gasteiger partial charge on any atom is 0.161 e. The highest BCUT2D eigenvalue weighted by molar-refractivity contribution is 5.51. The van der Waals surface area contributed by atoms with Gasteiger partial charge in [-0.2, -0.15) is 0 Å². The van der Waals surface area contributed by atoms with Gasteiger partial charge >= 0.3 is 0 Å². The van der Waals surface area contributed by atoms with Gasteiger partial charge in [0.1, 0.15) is 0 Å². The predicted octanol–water partition coefficient (Wildman–Crippen LogP) is 5.17. The molecule has 4 heteroatoms. The van der Waals surface area contributed by atoms with E-state index in [9.17, 15) is 0 Å². The zero-order valence-electron chi connectivity index (χ0n) is 18.1. The van der Waals surface area contributed by atoms with Crippen LogP contribution in [0.4, 0.5) is 0 Å². The van der Waals surface area contributed by atoms with Crippen molar-refractivity contribution in [1.29, 1.82) is 0 Å². The molecule has 2 aromatic rings. The number of benzene rings is 2. The molecule has 0 saturated carbocycles. The molecular formula is C26H28O4. The van der Waals surface area contributed by atoms with Crippen LogP contribution in [0.15, 0.2) is 36.4 Å². The highest BCUT2D eigenvalue weighted by Gasteiger charge is 2.24. The van der Waals surface area contributed by atoms with Crippen molar-refractivity contribution >= 4 is 0 Å². The lowest BCUT2D eigenvalue weighted by atomic mass is 9.81. The Balaban J connectivity index is 2.12. The molecule has 2 aromatic carbocycles. The molecule has 0 spiro atoms. The molecule has 0 radical (unpaired) electrons. The third-order valence-corrected chi connectivity index (χ3v) is 5.24. The molecule has 0 aromatic heterocycles. The Morgan fingerprint density at radius 3 is 1.37 bits per heavy atom. The SMILES string of the molecule is COc1ccc(C2C#CCCCCC#C[C@@H]2c2ccc(OC)c(OC)c2)cc1OC. The Kier molecular flexibility index (Phi) is 7.52. The quantitative estimate of drug-likeness (QED) is 0.623. The average Bonchev–Trinajstić information content (AvgIpc) is 2.81. The van der Waals surface area contributed by atoms with E-state index >= 15 is 0 Å². The van der Waals surface area contributed by atoms with E-state index < -0.39 is 0 Å². The molecule has 1 unspecified atom stereocenters. The van der Waals surface area contributed by atoms with Crippen LogP contribution in [0.2, 0.25) is 0 Å². The zero-order chi connectivity index (χ0) is 21.3. The summed E-state index contributed by atoms with van der Waals surface area (Å²) in [6.45, 7) is 0. The molecule has 0 fully saturated rings. The van der Waals surface area contributed by atoms with Gasteiger partial charge in [-0.15, -0.1) is 11.8 Å². The first kappa shape index (κ1) is 21.5. The van der Waals surface area contributed by atoms with Crippen molar-refractivity contribution in [2.24, 2.45) is 0 Å². The Morgan fingerprint density at radius 1 is 0.600 bits per heavy atom. The number of rotatable bonds is 6. The van der Waals surface area contributed by atoms with Crippen molar-refractivity contribution in [1.82, 2.24) is 0 Å². The van der Waals surface area contributed by atoms with Gasteiger partial charge in [-0.25, -0.2) is 0 Å². The number of methoxy groups -OCH3 is 4. The van der Waals surface area contributed by atoms with Crippen molar-refractivity contribution in [2.75, 3.05) is 28.4 Å². The molecule has 3 rings (SSSR count). The molecule has 0 heterocycles. The Morgan fingerprint density at radius 2 is 1.00 bits per heavy atom. The van der Waals surface area contributed by atoms with Gasteiger partial charge in [0.25, 0.3) is 0 Å². The third kappa shape index (κ3) is 4.84. The molecule has 156 valence electrons. The number of hydrogen-bond donors (Lipinski definition) is 0. The van der Waals surface area contributed by atoms with Gasteiger partial charge in [0.15, 0.2) is 23.0 Å². The number of hydrogen-bond acceptors (Lipinski definition) is 4. The van der Waals surface area contributed by atoms with E-state index in [1.54, 1.807) is 28.4 Å². The molecule has 0 saturated heterocycles. The molecule has 4 nitrogen and oxygen atoms in total. The van der Waals surface area contributed by atoms with Crippen LogP contribution in [0.5, 0.6) is 23.0 Å². The summed E-state index contributed by atoms with van der Waals surface area (Å²) in [5, 5.41) is 0. The zero-order valence-corrected chi connectivity index (χ0v) is 18.1. The summed E-state index contributed by atoms with van der Waals surface area (Å²) in [4.78, 5) is 0. The molecule has 2 atom stereocenters. The van der Waals surface area contributed by atoms with Crippen LogP contribution in [0.25, 0.3) is 0 Å². The normalized spacial score (nSPS) is 18.1. The van der Waals surface area contributed by atoms with E-state index in [0.717, 1.165) is 36.8 Å². The minimum atomic E-state index is -0.103. The van der Waals surface area contributed by atoms with Gasteiger partial charge < -0.3 is 18.9 Å². The van der Waals surface area contributed by atoms with Gasteiger partial charge in [-0.3, -0.25) is 0 Å². The Bertz CT molecular complexity index is 906. The van der Waals surface area contributed by atoms with Gasteiger partial charge in [-0.1, -0.05) is 24.0 Å². The summed E-state index contributed by atoms with van der Waals surface area (Å²) >= 11 is 0. The summed E-state index contributed by atoms with van der Waals surface area (Å²) in [7, 11) is 6.57. The standard InChI is InChI=1S/C26H28O4/c1-27-23-15-13-19(17-25(23)29-3)21-11-9-7-5-6-8-10-12-22(21)20-14-16-24(28-2)26(18-20)30-4/h13-18,21-22H,5-8H2,1-4H3/t21-,22?/m1/s1. The van der Waals surface area contributed by atoms with E-state index in [2.05, 4.69) is 23.7 Å². The highest BCUT2D eigenvalue weighted by Crippen LogP contribution is 2.39. The largest absolute Gasteiger partial charge is 0.493 e. The van der Waals surface area contributed by atoms with E-state index in [1.807, 2.05) is 36.4 Å². The summed E-state index contributed by atoms with van der Waals surface area (Å²) in [6, 6.07) is 11.9. The minimum absolute atomic E-state index is 0.103. The maximum absolute atomic E-state index is 5.53. The van der Waals surface area contributed by atoms with Crippen LogP contribution in [-0.2, 0) is 0 Å². The van der Waals surface area contributed by atoms with Gasteiger partial charge in [0, 0.05) is 12.8 Å². The fourth-order valence-corrected chi connectivity index (χ4v) is 3.60. The topological polar surface area (TPSA) is 36.9 Å². The molecule has 0 amide bonds. The van der Waals surface area contributed by atoms with E-state index in [0.29, 0.717) is 23.0 Å². The van der Waals surface area contributed by atoms with Gasteiger partial charge in [0.05, 0.1) is 40.3 Å². The van der Waals surface area contributed by atoms with Crippen LogP contribution in [-0.4, -0.2) is 28.4 Å². The van der Waals surface area contributed by atoms with Crippen LogP contribution in [0, 0.1) is 23.7 Å². The van der Waals surface area contributed by atoms with Gasteiger partial charge in [0.2, 0.25) is 0 Å². The van der Waals surface area contributed by atoms with Crippen molar-refractivity contribution in [2.45, 2.75) is 37.5 Å². The first-order valence-electron chi connectivity index (χ1n) is 10.1. The fourth-order valence-electron chi connectivity index (χ4n) is 3.60. The van der Waals surface area contributed by atoms with Crippen molar-refractivity contribution < 1.29 is 18.9 Å². The van der Waals surface area contributed by atoms with Crippen LogP contribution in [0.3, 0.4) is 0 Å². The first-order chi connectivity index (χ1) is 14.7. The van der Waals surface area contributed by atoms with Crippen molar-refractivity contribution in [3.63, 3.8) is 0 Å². The predicted molar refractivity (Wildman–Crippen MR) is 119 cm³/mol. The monoisotopic (exact) mass is 404 g/mol. The molecule has 0 bridgehead atoms. The van der Waals surface area contributed by atoms with E-state index in [4.69, 9.17) is 18.9 Å².